The molecule has 0 bridgehead atoms. The van der Waals surface area contributed by atoms with E-state index in [1.807, 2.05) is 13.8 Å². The second kappa shape index (κ2) is 7.20. The Kier molecular flexibility index (Phi) is 5.91. The number of nitrogens with one attached hydrogen (secondary N) is 1. The summed E-state index contributed by atoms with van der Waals surface area (Å²) in [6, 6.07) is -0.676. The molecule has 6 nitrogen and oxygen atoms in total. The van der Waals surface area contributed by atoms with E-state index in [0.29, 0.717) is 39.4 Å². The second-order valence-corrected chi connectivity index (χ2v) is 4.28. The normalized spacial score (nSPS) is 17.2. The van der Waals surface area contributed by atoms with E-state index in [2.05, 4.69) is 5.32 Å². The molecular weight excluding hydrogens is 234 g/mol. The number of urea groups is 1. The lowest BCUT2D eigenvalue weighted by Crippen LogP contribution is -2.53. The molecule has 1 aliphatic heterocycles. The molecule has 6 heteroatoms. The van der Waals surface area contributed by atoms with Gasteiger partial charge in [0.2, 0.25) is 5.91 Å². The van der Waals surface area contributed by atoms with Crippen LogP contribution in [0.3, 0.4) is 0 Å². The maximum atomic E-state index is 12.1. The van der Waals surface area contributed by atoms with E-state index in [1.165, 1.54) is 0 Å². The van der Waals surface area contributed by atoms with Gasteiger partial charge in [0.05, 0.1) is 13.2 Å². The fraction of sp³-hybridized carbons (Fsp3) is 0.833. The summed E-state index contributed by atoms with van der Waals surface area (Å²) in [6.45, 7) is 9.18. The van der Waals surface area contributed by atoms with Gasteiger partial charge < -0.3 is 19.9 Å². The largest absolute Gasteiger partial charge is 0.378 e. The molecule has 104 valence electrons. The van der Waals surface area contributed by atoms with Gasteiger partial charge in [0.15, 0.2) is 0 Å². The summed E-state index contributed by atoms with van der Waals surface area (Å²) in [7, 11) is 0. The van der Waals surface area contributed by atoms with Crippen molar-refractivity contribution in [2.45, 2.75) is 26.8 Å². The third-order valence-electron chi connectivity index (χ3n) is 3.08. The monoisotopic (exact) mass is 257 g/mol. The minimum absolute atomic E-state index is 0.0428. The van der Waals surface area contributed by atoms with Crippen LogP contribution in [-0.2, 0) is 9.53 Å². The smallest absolute Gasteiger partial charge is 0.318 e. The van der Waals surface area contributed by atoms with E-state index in [1.54, 1.807) is 16.7 Å². The van der Waals surface area contributed by atoms with E-state index in [-0.39, 0.29) is 11.9 Å². The molecule has 0 aliphatic carbocycles. The number of carbonyl (C=O) groups is 2. The number of nitrogens with zero attached hydrogens (tertiary/aromatic N) is 2. The van der Waals surface area contributed by atoms with Crippen LogP contribution in [0, 0.1) is 0 Å². The Hall–Kier alpha value is -1.30. The molecule has 0 unspecified atom stereocenters. The fourth-order valence-electron chi connectivity index (χ4n) is 1.91. The Morgan fingerprint density at radius 3 is 2.33 bits per heavy atom. The van der Waals surface area contributed by atoms with Crippen LogP contribution in [0.2, 0.25) is 0 Å². The lowest BCUT2D eigenvalue weighted by molar-refractivity contribution is -0.136. The summed E-state index contributed by atoms with van der Waals surface area (Å²) < 4.78 is 5.19. The molecule has 0 saturated carbocycles. The SMILES string of the molecule is CCN(CC)C(=O)N[C@H](C)C(=O)N1CCOCC1. The van der Waals surface area contributed by atoms with Crippen molar-refractivity contribution in [1.29, 1.82) is 0 Å². The van der Waals surface area contributed by atoms with Crippen LogP contribution in [-0.4, -0.2) is 67.2 Å². The predicted molar refractivity (Wildman–Crippen MR) is 68.3 cm³/mol. The predicted octanol–water partition coefficient (Wildman–Crippen LogP) is 0.285. The zero-order valence-corrected chi connectivity index (χ0v) is 11.4. The maximum Gasteiger partial charge on any atom is 0.318 e. The van der Waals surface area contributed by atoms with Gasteiger partial charge in [0.1, 0.15) is 6.04 Å². The quantitative estimate of drug-likeness (QED) is 0.787. The minimum Gasteiger partial charge on any atom is -0.378 e. The van der Waals surface area contributed by atoms with E-state index < -0.39 is 6.04 Å². The van der Waals surface area contributed by atoms with Gasteiger partial charge in [-0.3, -0.25) is 4.79 Å². The maximum absolute atomic E-state index is 12.1. The third kappa shape index (κ3) is 3.87. The van der Waals surface area contributed by atoms with Crippen molar-refractivity contribution >= 4 is 11.9 Å². The molecule has 0 aromatic rings. The highest BCUT2D eigenvalue weighted by Crippen LogP contribution is 2.01. The average Bonchev–Trinajstić information content (AvgIpc) is 2.40. The van der Waals surface area contributed by atoms with Crippen LogP contribution in [0.25, 0.3) is 0 Å². The summed E-state index contributed by atoms with van der Waals surface area (Å²) in [4.78, 5) is 27.3. The number of hydrogen-bond acceptors (Lipinski definition) is 3. The molecule has 1 atom stereocenters. The Morgan fingerprint density at radius 2 is 1.83 bits per heavy atom. The molecule has 0 spiro atoms. The van der Waals surface area contributed by atoms with Crippen LogP contribution in [0.15, 0.2) is 0 Å². The zero-order valence-electron chi connectivity index (χ0n) is 11.4. The molecule has 3 amide bonds. The van der Waals surface area contributed by atoms with Crippen molar-refractivity contribution in [3.05, 3.63) is 0 Å². The molecule has 0 aromatic carbocycles. The van der Waals surface area contributed by atoms with E-state index in [0.717, 1.165) is 0 Å². The van der Waals surface area contributed by atoms with Gasteiger partial charge in [-0.1, -0.05) is 0 Å². The summed E-state index contributed by atoms with van der Waals surface area (Å²) in [5.41, 5.74) is 0. The standard InChI is InChI=1S/C12H23N3O3/c1-4-14(5-2)12(17)13-10(3)11(16)15-6-8-18-9-7-15/h10H,4-9H2,1-3H3,(H,13,17)/t10-/m1/s1. The van der Waals surface area contributed by atoms with Gasteiger partial charge in [-0.2, -0.15) is 0 Å². The fourth-order valence-corrected chi connectivity index (χ4v) is 1.91. The zero-order chi connectivity index (χ0) is 13.5. The van der Waals surface area contributed by atoms with Crippen LogP contribution in [0.1, 0.15) is 20.8 Å². The van der Waals surface area contributed by atoms with Crippen LogP contribution in [0.4, 0.5) is 4.79 Å². The first-order valence-electron chi connectivity index (χ1n) is 6.52. The topological polar surface area (TPSA) is 61.9 Å². The summed E-state index contributed by atoms with van der Waals surface area (Å²) in [5, 5.41) is 2.73. The number of hydrogen-bond donors (Lipinski definition) is 1. The highest BCUT2D eigenvalue weighted by Gasteiger charge is 2.24. The van der Waals surface area contributed by atoms with Crippen LogP contribution in [0.5, 0.6) is 0 Å². The minimum atomic E-state index is -0.490. The van der Waals surface area contributed by atoms with Crippen LogP contribution < -0.4 is 5.32 Å². The van der Waals surface area contributed by atoms with Gasteiger partial charge in [-0.25, -0.2) is 4.79 Å². The number of rotatable bonds is 4. The highest BCUT2D eigenvalue weighted by molar-refractivity contribution is 5.86. The van der Waals surface area contributed by atoms with E-state index in [9.17, 15) is 9.59 Å². The van der Waals surface area contributed by atoms with Crippen molar-refractivity contribution < 1.29 is 14.3 Å². The summed E-state index contributed by atoms with van der Waals surface area (Å²) >= 11 is 0. The van der Waals surface area contributed by atoms with Gasteiger partial charge in [-0.15, -0.1) is 0 Å². The third-order valence-corrected chi connectivity index (χ3v) is 3.08. The van der Waals surface area contributed by atoms with Crippen molar-refractivity contribution in [2.24, 2.45) is 0 Å². The molecule has 0 aromatic heterocycles. The van der Waals surface area contributed by atoms with Crippen molar-refractivity contribution in [3.63, 3.8) is 0 Å². The molecule has 1 rings (SSSR count). The number of morpholine rings is 1. The van der Waals surface area contributed by atoms with Crippen molar-refractivity contribution in [3.8, 4) is 0 Å². The molecular formula is C12H23N3O3. The number of carbonyl (C=O) groups excluding carboxylic acids is 2. The van der Waals surface area contributed by atoms with E-state index in [4.69, 9.17) is 4.74 Å². The van der Waals surface area contributed by atoms with Crippen LogP contribution >= 0.6 is 0 Å². The first-order chi connectivity index (χ1) is 8.60. The Bertz CT molecular complexity index is 286. The van der Waals surface area contributed by atoms with E-state index >= 15 is 0 Å². The highest BCUT2D eigenvalue weighted by atomic mass is 16.5. The molecule has 18 heavy (non-hydrogen) atoms. The Labute approximate surface area is 108 Å². The summed E-state index contributed by atoms with van der Waals surface area (Å²) in [5.74, 6) is -0.0428. The summed E-state index contributed by atoms with van der Waals surface area (Å²) in [6.07, 6.45) is 0. The van der Waals surface area contributed by atoms with Gasteiger partial charge >= 0.3 is 6.03 Å². The Balaban J connectivity index is 2.45. The van der Waals surface area contributed by atoms with Gasteiger partial charge in [0.25, 0.3) is 0 Å². The lowest BCUT2D eigenvalue weighted by atomic mass is 10.2. The van der Waals surface area contributed by atoms with Crippen molar-refractivity contribution in [2.75, 3.05) is 39.4 Å². The molecule has 1 aliphatic rings. The van der Waals surface area contributed by atoms with Gasteiger partial charge in [-0.05, 0) is 20.8 Å². The van der Waals surface area contributed by atoms with Crippen molar-refractivity contribution in [1.82, 2.24) is 15.1 Å². The second-order valence-electron chi connectivity index (χ2n) is 4.28. The molecule has 1 fully saturated rings. The molecule has 1 heterocycles. The first-order valence-corrected chi connectivity index (χ1v) is 6.52. The number of amides is 3. The number of ether oxygens (including phenoxy) is 1. The molecule has 1 saturated heterocycles. The molecule has 0 radical (unpaired) electrons. The average molecular weight is 257 g/mol. The molecule has 1 N–H and O–H groups in total. The van der Waals surface area contributed by atoms with Gasteiger partial charge in [0, 0.05) is 26.2 Å². The first kappa shape index (κ1) is 14.8. The Morgan fingerprint density at radius 1 is 1.28 bits per heavy atom. The lowest BCUT2D eigenvalue weighted by Gasteiger charge is -2.30.